The Kier molecular flexibility index (Phi) is 4.29. The van der Waals surface area contributed by atoms with Gasteiger partial charge in [0.15, 0.2) is 0 Å². The summed E-state index contributed by atoms with van der Waals surface area (Å²) in [4.78, 5) is 8.90. The minimum atomic E-state index is 0.272. The first-order valence-electron chi connectivity index (χ1n) is 6.48. The van der Waals surface area contributed by atoms with Gasteiger partial charge in [-0.25, -0.2) is 9.97 Å². The van der Waals surface area contributed by atoms with Gasteiger partial charge in [-0.15, -0.1) is 0 Å². The molecule has 2 rings (SSSR count). The quantitative estimate of drug-likeness (QED) is 0.844. The van der Waals surface area contributed by atoms with Crippen molar-refractivity contribution >= 4 is 28.8 Å². The van der Waals surface area contributed by atoms with E-state index in [-0.39, 0.29) is 4.99 Å². The summed E-state index contributed by atoms with van der Waals surface area (Å²) in [6.45, 7) is 6.22. The number of nitrogens with two attached hydrogens (primary N) is 1. The van der Waals surface area contributed by atoms with Gasteiger partial charge in [0, 0.05) is 11.4 Å². The summed E-state index contributed by atoms with van der Waals surface area (Å²) in [5.41, 5.74) is 9.25. The molecule has 0 saturated heterocycles. The second-order valence-corrected chi connectivity index (χ2v) is 5.42. The van der Waals surface area contributed by atoms with Crippen molar-refractivity contribution in [1.82, 2.24) is 9.97 Å². The molecule has 2 aromatic rings. The molecule has 1 heterocycles. The van der Waals surface area contributed by atoms with E-state index in [0.29, 0.717) is 17.6 Å². The van der Waals surface area contributed by atoms with Crippen LogP contribution in [-0.2, 0) is 0 Å². The molecule has 0 atom stereocenters. The maximum Gasteiger partial charge on any atom is 0.228 e. The minimum Gasteiger partial charge on any atom is -0.388 e. The first-order chi connectivity index (χ1) is 9.45. The highest BCUT2D eigenvalue weighted by atomic mass is 32.1. The highest BCUT2D eigenvalue weighted by Gasteiger charge is 2.05. The largest absolute Gasteiger partial charge is 0.388 e. The maximum atomic E-state index is 5.61. The summed E-state index contributed by atoms with van der Waals surface area (Å²) in [7, 11) is 0. The minimum absolute atomic E-state index is 0.272. The molecule has 5 heteroatoms. The second-order valence-electron chi connectivity index (χ2n) is 4.98. The molecule has 0 unspecified atom stereocenters. The maximum absolute atomic E-state index is 5.61. The van der Waals surface area contributed by atoms with Crippen molar-refractivity contribution in [2.45, 2.75) is 26.7 Å². The van der Waals surface area contributed by atoms with Crippen LogP contribution in [0.2, 0.25) is 0 Å². The number of aromatic nitrogens is 2. The van der Waals surface area contributed by atoms with E-state index in [0.717, 1.165) is 11.4 Å². The van der Waals surface area contributed by atoms with Gasteiger partial charge in [0.2, 0.25) is 5.95 Å². The zero-order chi connectivity index (χ0) is 14.7. The molecule has 1 aromatic carbocycles. The van der Waals surface area contributed by atoms with Crippen LogP contribution in [0.3, 0.4) is 0 Å². The first-order valence-corrected chi connectivity index (χ1v) is 6.89. The average molecular weight is 286 g/mol. The van der Waals surface area contributed by atoms with Crippen molar-refractivity contribution in [3.63, 3.8) is 0 Å². The van der Waals surface area contributed by atoms with Crippen LogP contribution in [-0.4, -0.2) is 15.0 Å². The number of hydrogen-bond donors (Lipinski definition) is 2. The molecule has 20 heavy (non-hydrogen) atoms. The van der Waals surface area contributed by atoms with Gasteiger partial charge < -0.3 is 11.1 Å². The van der Waals surface area contributed by atoms with Gasteiger partial charge in [-0.05, 0) is 36.6 Å². The smallest absolute Gasteiger partial charge is 0.228 e. The second kappa shape index (κ2) is 5.96. The topological polar surface area (TPSA) is 63.8 Å². The molecule has 104 valence electrons. The first kappa shape index (κ1) is 14.4. The summed E-state index contributed by atoms with van der Waals surface area (Å²) < 4.78 is 0. The fourth-order valence-electron chi connectivity index (χ4n) is 1.83. The standard InChI is InChI=1S/C15H18N4S/c1-9(2)11-4-6-12(7-5-11)18-15-17-10(3)8-13(19-15)14(16)20/h4-9H,1-3H3,(H2,16,20)(H,17,18,19). The molecular formula is C15H18N4S. The van der Waals surface area contributed by atoms with Gasteiger partial charge in [0.1, 0.15) is 10.7 Å². The van der Waals surface area contributed by atoms with Crippen molar-refractivity contribution < 1.29 is 0 Å². The van der Waals surface area contributed by atoms with E-state index in [9.17, 15) is 0 Å². The lowest BCUT2D eigenvalue weighted by Crippen LogP contribution is -2.13. The Morgan fingerprint density at radius 2 is 1.85 bits per heavy atom. The van der Waals surface area contributed by atoms with Gasteiger partial charge in [0.25, 0.3) is 0 Å². The van der Waals surface area contributed by atoms with Crippen molar-refractivity contribution in [3.05, 3.63) is 47.3 Å². The van der Waals surface area contributed by atoms with E-state index in [2.05, 4.69) is 41.3 Å². The summed E-state index contributed by atoms with van der Waals surface area (Å²) in [5.74, 6) is 1.02. The number of hydrogen-bond acceptors (Lipinski definition) is 4. The van der Waals surface area contributed by atoms with Gasteiger partial charge >= 0.3 is 0 Å². The molecule has 0 amide bonds. The molecule has 0 spiro atoms. The number of nitrogens with one attached hydrogen (secondary N) is 1. The lowest BCUT2D eigenvalue weighted by atomic mass is 10.0. The van der Waals surface area contributed by atoms with Crippen LogP contribution >= 0.6 is 12.2 Å². The van der Waals surface area contributed by atoms with Crippen LogP contribution in [0.25, 0.3) is 0 Å². The lowest BCUT2D eigenvalue weighted by molar-refractivity contribution is 0.867. The molecule has 3 N–H and O–H groups in total. The number of thiocarbonyl (C=S) groups is 1. The highest BCUT2D eigenvalue weighted by molar-refractivity contribution is 7.80. The molecule has 0 aliphatic heterocycles. The Hall–Kier alpha value is -2.01. The predicted octanol–water partition coefficient (Wildman–Crippen LogP) is 3.29. The van der Waals surface area contributed by atoms with Crippen LogP contribution in [0.4, 0.5) is 11.6 Å². The Morgan fingerprint density at radius 1 is 1.20 bits per heavy atom. The van der Waals surface area contributed by atoms with Crippen molar-refractivity contribution in [1.29, 1.82) is 0 Å². The van der Waals surface area contributed by atoms with Gasteiger partial charge in [-0.2, -0.15) is 0 Å². The fraction of sp³-hybridized carbons (Fsp3) is 0.267. The van der Waals surface area contributed by atoms with Crippen LogP contribution in [0.1, 0.15) is 36.7 Å². The molecule has 0 bridgehead atoms. The van der Waals surface area contributed by atoms with Crippen LogP contribution in [0.15, 0.2) is 30.3 Å². The molecular weight excluding hydrogens is 268 g/mol. The summed E-state index contributed by atoms with van der Waals surface area (Å²) in [6.07, 6.45) is 0. The monoisotopic (exact) mass is 286 g/mol. The van der Waals surface area contributed by atoms with Gasteiger partial charge in [-0.3, -0.25) is 0 Å². The molecule has 0 fully saturated rings. The predicted molar refractivity (Wildman–Crippen MR) is 86.5 cm³/mol. The third kappa shape index (κ3) is 3.51. The van der Waals surface area contributed by atoms with E-state index in [1.165, 1.54) is 5.56 Å². The number of benzene rings is 1. The van der Waals surface area contributed by atoms with E-state index < -0.39 is 0 Å². The Bertz CT molecular complexity index is 620. The fourth-order valence-corrected chi connectivity index (χ4v) is 1.94. The normalized spacial score (nSPS) is 10.6. The Labute approximate surface area is 124 Å². The highest BCUT2D eigenvalue weighted by Crippen LogP contribution is 2.19. The van der Waals surface area contributed by atoms with Crippen LogP contribution in [0, 0.1) is 6.92 Å². The van der Waals surface area contributed by atoms with Crippen LogP contribution in [0.5, 0.6) is 0 Å². The summed E-state index contributed by atoms with van der Waals surface area (Å²) >= 11 is 4.95. The lowest BCUT2D eigenvalue weighted by Gasteiger charge is -2.09. The zero-order valence-electron chi connectivity index (χ0n) is 11.8. The third-order valence-corrected chi connectivity index (χ3v) is 3.15. The van der Waals surface area contributed by atoms with E-state index in [1.807, 2.05) is 19.1 Å². The Balaban J connectivity index is 2.23. The molecule has 0 saturated carbocycles. The van der Waals surface area contributed by atoms with Gasteiger partial charge in [0.05, 0.1) is 0 Å². The molecule has 0 aliphatic carbocycles. The third-order valence-electron chi connectivity index (χ3n) is 2.94. The van der Waals surface area contributed by atoms with Gasteiger partial charge in [-0.1, -0.05) is 38.2 Å². The zero-order valence-corrected chi connectivity index (χ0v) is 12.7. The van der Waals surface area contributed by atoms with Crippen molar-refractivity contribution in [3.8, 4) is 0 Å². The summed E-state index contributed by atoms with van der Waals surface area (Å²) in [6, 6.07) is 9.99. The van der Waals surface area contributed by atoms with E-state index in [1.54, 1.807) is 6.07 Å². The SMILES string of the molecule is Cc1cc(C(N)=S)nc(Nc2ccc(C(C)C)cc2)n1. The van der Waals surface area contributed by atoms with E-state index >= 15 is 0 Å². The van der Waals surface area contributed by atoms with E-state index in [4.69, 9.17) is 18.0 Å². The molecule has 1 aromatic heterocycles. The number of aryl methyl sites for hydroxylation is 1. The number of nitrogens with zero attached hydrogens (tertiary/aromatic N) is 2. The summed E-state index contributed by atoms with van der Waals surface area (Å²) in [5, 5.41) is 3.17. The number of rotatable bonds is 4. The van der Waals surface area contributed by atoms with Crippen molar-refractivity contribution in [2.24, 2.45) is 5.73 Å². The molecule has 0 aliphatic rings. The van der Waals surface area contributed by atoms with Crippen LogP contribution < -0.4 is 11.1 Å². The van der Waals surface area contributed by atoms with Crippen molar-refractivity contribution in [2.75, 3.05) is 5.32 Å². The number of anilines is 2. The molecule has 4 nitrogen and oxygen atoms in total. The Morgan fingerprint density at radius 3 is 2.40 bits per heavy atom. The molecule has 0 radical (unpaired) electrons. The average Bonchev–Trinajstić information content (AvgIpc) is 2.38.